The zero-order valence-electron chi connectivity index (χ0n) is 17.7. The molecule has 3 rings (SSSR count). The molecular weight excluding hydrogens is 366 g/mol. The highest BCUT2D eigenvalue weighted by Gasteiger charge is 2.47. The second kappa shape index (κ2) is 7.39. The molecular formula is C24H27NO4. The monoisotopic (exact) mass is 393 g/mol. The number of Topliss-reactive ketones (excluding diaryl/α,β-unsaturated/α-hetero) is 1. The van der Waals surface area contributed by atoms with Crippen molar-refractivity contribution in [2.24, 2.45) is 5.41 Å². The molecule has 1 amide bonds. The van der Waals surface area contributed by atoms with E-state index in [1.165, 1.54) is 4.90 Å². The van der Waals surface area contributed by atoms with Crippen molar-refractivity contribution in [1.29, 1.82) is 0 Å². The van der Waals surface area contributed by atoms with E-state index in [1.54, 1.807) is 33.9 Å². The molecule has 2 aromatic rings. The Balaban J connectivity index is 2.29. The van der Waals surface area contributed by atoms with Crippen LogP contribution in [0.4, 0.5) is 5.69 Å². The summed E-state index contributed by atoms with van der Waals surface area (Å²) in [4.78, 5) is 28.0. The zero-order valence-corrected chi connectivity index (χ0v) is 17.7. The smallest absolute Gasteiger partial charge is 0.294 e. The average molecular weight is 393 g/mol. The van der Waals surface area contributed by atoms with Crippen LogP contribution in [0.3, 0.4) is 0 Å². The van der Waals surface area contributed by atoms with E-state index in [2.05, 4.69) is 0 Å². The highest BCUT2D eigenvalue weighted by Crippen LogP contribution is 2.46. The van der Waals surface area contributed by atoms with Gasteiger partial charge in [-0.15, -0.1) is 0 Å². The van der Waals surface area contributed by atoms with Gasteiger partial charge in [-0.25, -0.2) is 0 Å². The van der Waals surface area contributed by atoms with Crippen molar-refractivity contribution in [2.45, 2.75) is 40.7 Å². The Bertz CT molecular complexity index is 994. The summed E-state index contributed by atoms with van der Waals surface area (Å²) in [6, 6.07) is 12.3. The summed E-state index contributed by atoms with van der Waals surface area (Å²) in [5.74, 6) is -0.807. The van der Waals surface area contributed by atoms with Crippen LogP contribution in [0.5, 0.6) is 5.75 Å². The maximum Gasteiger partial charge on any atom is 0.294 e. The SMILES string of the molecule is COc1ccccc1C1C(C(=O)C(C)(C)C)=C(O)C(=O)N1c1cc(C)cc(C)c1. The molecule has 0 saturated carbocycles. The van der Waals surface area contributed by atoms with Crippen molar-refractivity contribution in [3.63, 3.8) is 0 Å². The van der Waals surface area contributed by atoms with Crippen LogP contribution in [-0.2, 0) is 9.59 Å². The molecule has 0 saturated heterocycles. The lowest BCUT2D eigenvalue weighted by Crippen LogP contribution is -2.33. The molecule has 0 fully saturated rings. The summed E-state index contributed by atoms with van der Waals surface area (Å²) in [6.07, 6.45) is 0. The first-order chi connectivity index (χ1) is 13.6. The summed E-state index contributed by atoms with van der Waals surface area (Å²) in [6.45, 7) is 9.23. The molecule has 0 aliphatic carbocycles. The van der Waals surface area contributed by atoms with E-state index in [0.29, 0.717) is 17.0 Å². The molecule has 29 heavy (non-hydrogen) atoms. The quantitative estimate of drug-likeness (QED) is 0.808. The Morgan fingerprint density at radius 2 is 1.66 bits per heavy atom. The minimum absolute atomic E-state index is 0.103. The number of hydrogen-bond donors (Lipinski definition) is 1. The van der Waals surface area contributed by atoms with Crippen molar-refractivity contribution >= 4 is 17.4 Å². The van der Waals surface area contributed by atoms with E-state index in [1.807, 2.05) is 50.2 Å². The number of methoxy groups -OCH3 is 1. The fourth-order valence-corrected chi connectivity index (χ4v) is 3.78. The van der Waals surface area contributed by atoms with Crippen molar-refractivity contribution in [3.05, 3.63) is 70.5 Å². The second-order valence-electron chi connectivity index (χ2n) is 8.51. The predicted octanol–water partition coefficient (Wildman–Crippen LogP) is 4.83. The lowest BCUT2D eigenvalue weighted by molar-refractivity contribution is -0.123. The van der Waals surface area contributed by atoms with Gasteiger partial charge in [-0.05, 0) is 43.2 Å². The molecule has 1 atom stereocenters. The van der Waals surface area contributed by atoms with Crippen LogP contribution in [-0.4, -0.2) is 23.9 Å². The summed E-state index contributed by atoms with van der Waals surface area (Å²) in [5.41, 5.74) is 2.60. The first-order valence-corrected chi connectivity index (χ1v) is 9.59. The van der Waals surface area contributed by atoms with Gasteiger partial charge >= 0.3 is 0 Å². The van der Waals surface area contributed by atoms with Gasteiger partial charge in [0.25, 0.3) is 5.91 Å². The molecule has 1 aliphatic rings. The van der Waals surface area contributed by atoms with Gasteiger partial charge in [0, 0.05) is 16.7 Å². The lowest BCUT2D eigenvalue weighted by atomic mass is 9.82. The first kappa shape index (κ1) is 20.6. The molecule has 0 radical (unpaired) electrons. The van der Waals surface area contributed by atoms with E-state index in [4.69, 9.17) is 4.74 Å². The van der Waals surface area contributed by atoms with Gasteiger partial charge in [0.05, 0.1) is 18.7 Å². The molecule has 0 spiro atoms. The van der Waals surface area contributed by atoms with Gasteiger partial charge in [0.2, 0.25) is 0 Å². The van der Waals surface area contributed by atoms with Crippen molar-refractivity contribution < 1.29 is 19.4 Å². The zero-order chi connectivity index (χ0) is 21.5. The number of rotatable bonds is 4. The number of ether oxygens (including phenoxy) is 1. The Morgan fingerprint density at radius 3 is 2.21 bits per heavy atom. The minimum Gasteiger partial charge on any atom is -0.503 e. The summed E-state index contributed by atoms with van der Waals surface area (Å²) in [7, 11) is 1.55. The van der Waals surface area contributed by atoms with Crippen LogP contribution in [0, 0.1) is 19.3 Å². The number of aliphatic hydroxyl groups is 1. The largest absolute Gasteiger partial charge is 0.503 e. The lowest BCUT2D eigenvalue weighted by Gasteiger charge is -2.30. The van der Waals surface area contributed by atoms with Crippen molar-refractivity contribution in [2.75, 3.05) is 12.0 Å². The second-order valence-corrected chi connectivity index (χ2v) is 8.51. The summed E-state index contributed by atoms with van der Waals surface area (Å²) in [5, 5.41) is 10.8. The Hall–Kier alpha value is -3.08. The summed E-state index contributed by atoms with van der Waals surface area (Å²) < 4.78 is 5.52. The van der Waals surface area contributed by atoms with Crippen LogP contribution < -0.4 is 9.64 Å². The topological polar surface area (TPSA) is 66.8 Å². The standard InChI is InChI=1S/C24H27NO4/c1-14-11-15(2)13-16(12-14)25-20(17-9-7-8-10-18(17)29-6)19(21(26)23(25)28)22(27)24(3,4)5/h7-13,20,26H,1-6H3. The number of para-hydroxylation sites is 1. The number of hydrogen-bond acceptors (Lipinski definition) is 4. The van der Waals surface area contributed by atoms with E-state index < -0.39 is 23.1 Å². The number of nitrogens with zero attached hydrogens (tertiary/aromatic N) is 1. The maximum absolute atomic E-state index is 13.3. The van der Waals surface area contributed by atoms with Crippen molar-refractivity contribution in [3.8, 4) is 5.75 Å². The molecule has 1 aliphatic heterocycles. The van der Waals surface area contributed by atoms with E-state index in [0.717, 1.165) is 11.1 Å². The number of aliphatic hydroxyl groups excluding tert-OH is 1. The van der Waals surface area contributed by atoms with E-state index >= 15 is 0 Å². The number of carbonyl (C=O) groups excluding carboxylic acids is 2. The molecule has 1 unspecified atom stereocenters. The Labute approximate surface area is 171 Å². The highest BCUT2D eigenvalue weighted by molar-refractivity contribution is 6.17. The molecule has 1 heterocycles. The van der Waals surface area contributed by atoms with E-state index in [-0.39, 0.29) is 11.4 Å². The normalized spacial score (nSPS) is 17.1. The third-order valence-electron chi connectivity index (χ3n) is 5.05. The van der Waals surface area contributed by atoms with Crippen LogP contribution in [0.15, 0.2) is 53.8 Å². The van der Waals surface area contributed by atoms with Gasteiger partial charge in [0.15, 0.2) is 11.5 Å². The van der Waals surface area contributed by atoms with Gasteiger partial charge in [0.1, 0.15) is 5.75 Å². The number of amides is 1. The summed E-state index contributed by atoms with van der Waals surface area (Å²) >= 11 is 0. The number of carbonyl (C=O) groups is 2. The van der Waals surface area contributed by atoms with Gasteiger partial charge in [-0.1, -0.05) is 45.0 Å². The predicted molar refractivity (Wildman–Crippen MR) is 113 cm³/mol. The third kappa shape index (κ3) is 3.65. The molecule has 152 valence electrons. The van der Waals surface area contributed by atoms with Crippen LogP contribution in [0.1, 0.15) is 43.5 Å². The Kier molecular flexibility index (Phi) is 5.26. The van der Waals surface area contributed by atoms with Gasteiger partial charge < -0.3 is 9.84 Å². The number of anilines is 1. The fraction of sp³-hybridized carbons (Fsp3) is 0.333. The van der Waals surface area contributed by atoms with Gasteiger partial charge in [-0.2, -0.15) is 0 Å². The first-order valence-electron chi connectivity index (χ1n) is 9.59. The van der Waals surface area contributed by atoms with E-state index in [9.17, 15) is 14.7 Å². The third-order valence-corrected chi connectivity index (χ3v) is 5.05. The molecule has 5 nitrogen and oxygen atoms in total. The molecule has 0 aromatic heterocycles. The maximum atomic E-state index is 13.3. The molecule has 5 heteroatoms. The number of benzene rings is 2. The number of ketones is 1. The average Bonchev–Trinajstić information content (AvgIpc) is 2.90. The minimum atomic E-state index is -0.772. The van der Waals surface area contributed by atoms with Crippen LogP contribution >= 0.6 is 0 Å². The van der Waals surface area contributed by atoms with Crippen LogP contribution in [0.25, 0.3) is 0 Å². The Morgan fingerprint density at radius 1 is 1.07 bits per heavy atom. The molecule has 0 bridgehead atoms. The van der Waals surface area contributed by atoms with Crippen LogP contribution in [0.2, 0.25) is 0 Å². The van der Waals surface area contributed by atoms with Crippen molar-refractivity contribution in [1.82, 2.24) is 0 Å². The number of aryl methyl sites for hydroxylation is 2. The highest BCUT2D eigenvalue weighted by atomic mass is 16.5. The molecule has 1 N–H and O–H groups in total. The fourth-order valence-electron chi connectivity index (χ4n) is 3.78. The molecule has 2 aromatic carbocycles. The van der Waals surface area contributed by atoms with Gasteiger partial charge in [-0.3, -0.25) is 14.5 Å².